The minimum atomic E-state index is -1.07. The largest absolute Gasteiger partial charge is 0.478 e. The normalized spacial score (nSPS) is 11.1. The lowest BCUT2D eigenvalue weighted by atomic mass is 10.0. The molecule has 1 rings (SSSR count). The standard InChI is InChI=1S/C12H15ClN2O3/c1-12(2,14)6-10(16)15-9-4-3-7(11(17)18)5-8(9)13/h3-5H,6,14H2,1-2H3,(H,15,16)(H,17,18). The number of halogens is 1. The number of carboxylic acids is 1. The van der Waals surface area contributed by atoms with Crippen molar-refractivity contribution < 1.29 is 14.7 Å². The van der Waals surface area contributed by atoms with E-state index in [9.17, 15) is 9.59 Å². The van der Waals surface area contributed by atoms with Gasteiger partial charge in [0.25, 0.3) is 0 Å². The third-order valence-corrected chi connectivity index (χ3v) is 2.42. The Morgan fingerprint density at radius 1 is 1.44 bits per heavy atom. The molecular formula is C12H15ClN2O3. The van der Waals surface area contributed by atoms with Crippen LogP contribution < -0.4 is 11.1 Å². The van der Waals surface area contributed by atoms with E-state index >= 15 is 0 Å². The lowest BCUT2D eigenvalue weighted by Crippen LogP contribution is -2.36. The minimum absolute atomic E-state index is 0.0668. The highest BCUT2D eigenvalue weighted by Gasteiger charge is 2.17. The van der Waals surface area contributed by atoms with E-state index in [1.165, 1.54) is 18.2 Å². The Morgan fingerprint density at radius 2 is 2.06 bits per heavy atom. The smallest absolute Gasteiger partial charge is 0.335 e. The fourth-order valence-corrected chi connectivity index (χ4v) is 1.59. The second-order valence-electron chi connectivity index (χ2n) is 4.71. The summed E-state index contributed by atoms with van der Waals surface area (Å²) in [7, 11) is 0. The topological polar surface area (TPSA) is 92.4 Å². The second kappa shape index (κ2) is 5.37. The van der Waals surface area contributed by atoms with Gasteiger partial charge in [0.15, 0.2) is 0 Å². The molecule has 0 aliphatic heterocycles. The van der Waals surface area contributed by atoms with Crippen LogP contribution in [0.3, 0.4) is 0 Å². The fourth-order valence-electron chi connectivity index (χ4n) is 1.36. The van der Waals surface area contributed by atoms with Crippen molar-refractivity contribution in [2.75, 3.05) is 5.32 Å². The van der Waals surface area contributed by atoms with Gasteiger partial charge in [-0.3, -0.25) is 4.79 Å². The minimum Gasteiger partial charge on any atom is -0.478 e. The number of rotatable bonds is 4. The molecule has 6 heteroatoms. The van der Waals surface area contributed by atoms with Gasteiger partial charge < -0.3 is 16.2 Å². The molecule has 0 heterocycles. The summed E-state index contributed by atoms with van der Waals surface area (Å²) in [6.07, 6.45) is 0.143. The summed E-state index contributed by atoms with van der Waals surface area (Å²) in [6, 6.07) is 4.11. The molecule has 0 aliphatic carbocycles. The monoisotopic (exact) mass is 270 g/mol. The average molecular weight is 271 g/mol. The number of anilines is 1. The molecule has 0 bridgehead atoms. The Labute approximate surface area is 110 Å². The number of carbonyl (C=O) groups excluding carboxylic acids is 1. The highest BCUT2D eigenvalue weighted by molar-refractivity contribution is 6.34. The van der Waals surface area contributed by atoms with Crippen LogP contribution in [0.5, 0.6) is 0 Å². The number of aromatic carboxylic acids is 1. The molecule has 0 aliphatic rings. The Kier molecular flexibility index (Phi) is 4.32. The number of benzene rings is 1. The molecule has 0 fully saturated rings. The summed E-state index contributed by atoms with van der Waals surface area (Å²) >= 11 is 5.88. The van der Waals surface area contributed by atoms with E-state index in [1.54, 1.807) is 13.8 Å². The van der Waals surface area contributed by atoms with Gasteiger partial charge in [-0.15, -0.1) is 0 Å². The maximum atomic E-state index is 11.6. The van der Waals surface area contributed by atoms with Gasteiger partial charge in [-0.1, -0.05) is 11.6 Å². The van der Waals surface area contributed by atoms with Gasteiger partial charge in [-0.05, 0) is 32.0 Å². The number of nitrogens with two attached hydrogens (primary N) is 1. The van der Waals surface area contributed by atoms with E-state index in [-0.39, 0.29) is 22.9 Å². The fraction of sp³-hybridized carbons (Fsp3) is 0.333. The molecule has 0 radical (unpaired) electrons. The third kappa shape index (κ3) is 4.35. The summed E-state index contributed by atoms with van der Waals surface area (Å²) < 4.78 is 0. The molecule has 0 aromatic heterocycles. The van der Waals surface area contributed by atoms with Crippen molar-refractivity contribution in [3.63, 3.8) is 0 Å². The lowest BCUT2D eigenvalue weighted by Gasteiger charge is -2.17. The van der Waals surface area contributed by atoms with Gasteiger partial charge >= 0.3 is 5.97 Å². The zero-order chi connectivity index (χ0) is 13.9. The molecule has 1 aromatic carbocycles. The molecule has 5 nitrogen and oxygen atoms in total. The summed E-state index contributed by atoms with van der Waals surface area (Å²) in [5, 5.41) is 11.5. The van der Waals surface area contributed by atoms with Crippen LogP contribution in [-0.4, -0.2) is 22.5 Å². The van der Waals surface area contributed by atoms with Gasteiger partial charge in [0, 0.05) is 12.0 Å². The Morgan fingerprint density at radius 3 is 2.50 bits per heavy atom. The van der Waals surface area contributed by atoms with Crippen molar-refractivity contribution in [1.29, 1.82) is 0 Å². The van der Waals surface area contributed by atoms with Crippen LogP contribution in [0.2, 0.25) is 5.02 Å². The first-order valence-corrected chi connectivity index (χ1v) is 5.68. The SMILES string of the molecule is CC(C)(N)CC(=O)Nc1ccc(C(=O)O)cc1Cl. The van der Waals surface area contributed by atoms with Crippen LogP contribution in [0, 0.1) is 0 Å². The van der Waals surface area contributed by atoms with E-state index in [0.29, 0.717) is 5.69 Å². The van der Waals surface area contributed by atoms with Gasteiger partial charge in [0.05, 0.1) is 16.3 Å². The first kappa shape index (κ1) is 14.5. The summed E-state index contributed by atoms with van der Waals surface area (Å²) in [5.41, 5.74) is 5.54. The number of amides is 1. The van der Waals surface area contributed by atoms with E-state index in [0.717, 1.165) is 0 Å². The van der Waals surface area contributed by atoms with Crippen molar-refractivity contribution in [1.82, 2.24) is 0 Å². The van der Waals surface area contributed by atoms with Crippen LogP contribution in [0.1, 0.15) is 30.6 Å². The summed E-state index contributed by atoms with van der Waals surface area (Å²) in [4.78, 5) is 22.3. The quantitative estimate of drug-likeness (QED) is 0.781. The first-order valence-electron chi connectivity index (χ1n) is 5.30. The van der Waals surface area contributed by atoms with Crippen LogP contribution in [0.25, 0.3) is 0 Å². The maximum absolute atomic E-state index is 11.6. The Bertz CT molecular complexity index is 481. The zero-order valence-electron chi connectivity index (χ0n) is 10.2. The average Bonchev–Trinajstić information content (AvgIpc) is 2.17. The Balaban J connectivity index is 2.80. The van der Waals surface area contributed by atoms with Crippen molar-refractivity contribution in [3.8, 4) is 0 Å². The number of hydrogen-bond donors (Lipinski definition) is 3. The lowest BCUT2D eigenvalue weighted by molar-refractivity contribution is -0.117. The Hall–Kier alpha value is -1.59. The highest BCUT2D eigenvalue weighted by Crippen LogP contribution is 2.23. The molecule has 0 unspecified atom stereocenters. The molecule has 1 aromatic rings. The van der Waals surface area contributed by atoms with Crippen LogP contribution in [0.4, 0.5) is 5.69 Å². The van der Waals surface area contributed by atoms with Gasteiger partial charge in [0.2, 0.25) is 5.91 Å². The molecule has 0 saturated heterocycles. The molecule has 0 saturated carbocycles. The van der Waals surface area contributed by atoms with Crippen molar-refractivity contribution in [2.24, 2.45) is 5.73 Å². The van der Waals surface area contributed by atoms with Gasteiger partial charge in [0.1, 0.15) is 0 Å². The molecule has 1 amide bonds. The predicted molar refractivity (Wildman–Crippen MR) is 69.9 cm³/mol. The first-order chi connectivity index (χ1) is 8.19. The number of carboxylic acid groups (broad SMARTS) is 1. The zero-order valence-corrected chi connectivity index (χ0v) is 10.9. The molecule has 0 atom stereocenters. The number of hydrogen-bond acceptors (Lipinski definition) is 3. The highest BCUT2D eigenvalue weighted by atomic mass is 35.5. The summed E-state index contributed by atoms with van der Waals surface area (Å²) in [5.74, 6) is -1.34. The van der Waals surface area contributed by atoms with Crippen LogP contribution in [-0.2, 0) is 4.79 Å². The molecule has 4 N–H and O–H groups in total. The molecule has 18 heavy (non-hydrogen) atoms. The number of carbonyl (C=O) groups is 2. The van der Waals surface area contributed by atoms with Gasteiger partial charge in [-0.25, -0.2) is 4.79 Å². The van der Waals surface area contributed by atoms with E-state index in [1.807, 2.05) is 0 Å². The number of nitrogens with one attached hydrogen (secondary N) is 1. The van der Waals surface area contributed by atoms with Crippen LogP contribution in [0.15, 0.2) is 18.2 Å². The van der Waals surface area contributed by atoms with Crippen LogP contribution >= 0.6 is 11.6 Å². The van der Waals surface area contributed by atoms with Crippen molar-refractivity contribution >= 4 is 29.2 Å². The van der Waals surface area contributed by atoms with E-state index in [4.69, 9.17) is 22.4 Å². The molecular weight excluding hydrogens is 256 g/mol. The van der Waals surface area contributed by atoms with Crippen molar-refractivity contribution in [2.45, 2.75) is 25.8 Å². The molecule has 0 spiro atoms. The van der Waals surface area contributed by atoms with E-state index < -0.39 is 11.5 Å². The molecule has 98 valence electrons. The van der Waals surface area contributed by atoms with E-state index in [2.05, 4.69) is 5.32 Å². The third-order valence-electron chi connectivity index (χ3n) is 2.11. The summed E-state index contributed by atoms with van der Waals surface area (Å²) in [6.45, 7) is 3.48. The van der Waals surface area contributed by atoms with Gasteiger partial charge in [-0.2, -0.15) is 0 Å². The predicted octanol–water partition coefficient (Wildman–Crippen LogP) is 2.10. The maximum Gasteiger partial charge on any atom is 0.335 e. The van der Waals surface area contributed by atoms with Crippen molar-refractivity contribution in [3.05, 3.63) is 28.8 Å². The second-order valence-corrected chi connectivity index (χ2v) is 5.12.